The zero-order chi connectivity index (χ0) is 56.2. The van der Waals surface area contributed by atoms with Gasteiger partial charge >= 0.3 is 11.9 Å². The van der Waals surface area contributed by atoms with Gasteiger partial charge in [0, 0.05) is 92.9 Å². The van der Waals surface area contributed by atoms with Crippen molar-refractivity contribution in [3.63, 3.8) is 0 Å². The Kier molecular flexibility index (Phi) is 41.8. The number of ether oxygens (including phenoxy) is 4. The minimum absolute atomic E-state index is 0.171. The molecule has 4 aromatic carbocycles. The van der Waals surface area contributed by atoms with E-state index in [9.17, 15) is 19.2 Å². The molecule has 0 amide bonds. The first-order chi connectivity index (χ1) is 36.1. The van der Waals surface area contributed by atoms with Crippen LogP contribution in [0.5, 0.6) is 0 Å². The second-order valence-electron chi connectivity index (χ2n) is 17.9. The Balaban J connectivity index is 0.00000112. The van der Waals surface area contributed by atoms with E-state index in [0.717, 1.165) is 93.9 Å². The van der Waals surface area contributed by atoms with E-state index < -0.39 is 5.41 Å². The number of carbonyl (C=O) groups is 4. The van der Waals surface area contributed by atoms with Crippen LogP contribution in [0, 0.1) is 10.8 Å². The van der Waals surface area contributed by atoms with Crippen LogP contribution in [0.4, 0.5) is 22.7 Å². The highest BCUT2D eigenvalue weighted by Gasteiger charge is 2.22. The summed E-state index contributed by atoms with van der Waals surface area (Å²) in [4.78, 5) is 51.1. The Morgan fingerprint density at radius 1 is 0.587 bits per heavy atom. The van der Waals surface area contributed by atoms with Crippen molar-refractivity contribution in [3.8, 4) is 0 Å². The smallest absolute Gasteiger partial charge is 0.307 e. The first-order valence-corrected chi connectivity index (χ1v) is 30.1. The third-order valence-corrected chi connectivity index (χ3v) is 14.6. The van der Waals surface area contributed by atoms with E-state index in [0.29, 0.717) is 52.2 Å². The minimum atomic E-state index is -0.401. The molecule has 0 radical (unpaired) electrons. The van der Waals surface area contributed by atoms with Crippen molar-refractivity contribution in [1.82, 2.24) is 4.90 Å². The van der Waals surface area contributed by atoms with Gasteiger partial charge in [-0.15, -0.1) is 0 Å². The fourth-order valence-electron chi connectivity index (χ4n) is 6.05. The molecule has 0 heterocycles. The summed E-state index contributed by atoms with van der Waals surface area (Å²) in [6, 6.07) is 31.8. The van der Waals surface area contributed by atoms with Crippen molar-refractivity contribution in [1.29, 1.82) is 0 Å². The molecule has 14 nitrogen and oxygen atoms in total. The number of carbonyl (C=O) groups excluding carboxylic acids is 4. The van der Waals surface area contributed by atoms with E-state index in [1.807, 2.05) is 140 Å². The van der Waals surface area contributed by atoms with Gasteiger partial charge in [-0.25, -0.2) is 0 Å². The Morgan fingerprint density at radius 2 is 0.987 bits per heavy atom. The highest BCUT2D eigenvalue weighted by molar-refractivity contribution is 8.77. The lowest BCUT2D eigenvalue weighted by Crippen LogP contribution is -2.27. The fraction of sp³-hybridized carbons (Fsp3) is 0.509. The normalized spacial score (nSPS) is 10.6. The van der Waals surface area contributed by atoms with E-state index in [1.54, 1.807) is 50.3 Å². The van der Waals surface area contributed by atoms with Crippen molar-refractivity contribution in [3.05, 3.63) is 97.1 Å². The number of methoxy groups -OCH3 is 1. The number of rotatable bonds is 33. The number of unbranched alkanes of at least 4 members (excludes halogenated alkanes) is 2. The summed E-state index contributed by atoms with van der Waals surface area (Å²) in [6.45, 7) is 24.0. The van der Waals surface area contributed by atoms with Gasteiger partial charge in [-0.05, 0) is 136 Å². The van der Waals surface area contributed by atoms with Crippen LogP contribution in [0.3, 0.4) is 0 Å². The van der Waals surface area contributed by atoms with Gasteiger partial charge < -0.3 is 55.8 Å². The maximum absolute atomic E-state index is 11.9. The van der Waals surface area contributed by atoms with E-state index >= 15 is 0 Å². The average Bonchev–Trinajstić information content (AvgIpc) is 3.41. The predicted molar refractivity (Wildman–Crippen MR) is 319 cm³/mol. The lowest BCUT2D eigenvalue weighted by atomic mass is 9.96. The molecule has 4 rings (SSSR count). The van der Waals surface area contributed by atoms with Gasteiger partial charge in [0.2, 0.25) is 0 Å². The monoisotopic (exact) mass is 1120 g/mol. The number of hydrogen-bond donors (Lipinski definition) is 5. The van der Waals surface area contributed by atoms with Crippen LogP contribution in [0.25, 0.3) is 0 Å². The molecule has 0 bridgehead atoms. The van der Waals surface area contributed by atoms with Gasteiger partial charge in [0.1, 0.15) is 6.29 Å². The lowest BCUT2D eigenvalue weighted by Gasteiger charge is -2.22. The summed E-state index contributed by atoms with van der Waals surface area (Å²) >= 11 is 0. The minimum Gasteiger partial charge on any atom is -0.467 e. The number of aliphatic hydroxyl groups is 1. The third kappa shape index (κ3) is 37.8. The largest absolute Gasteiger partial charge is 0.467 e. The molecule has 0 spiro atoms. The highest BCUT2D eigenvalue weighted by Crippen LogP contribution is 2.39. The molecule has 75 heavy (non-hydrogen) atoms. The number of nitrogens with two attached hydrogens (primary N) is 2. The summed E-state index contributed by atoms with van der Waals surface area (Å²) in [5, 5.41) is 15.1. The zero-order valence-electron chi connectivity index (χ0n) is 46.4. The van der Waals surface area contributed by atoms with Crippen LogP contribution in [0.1, 0.15) is 107 Å². The summed E-state index contributed by atoms with van der Waals surface area (Å²) in [5.74, 6) is -0.493. The number of benzene rings is 4. The van der Waals surface area contributed by atoms with Crippen LogP contribution in [0.15, 0.2) is 117 Å². The molecule has 420 valence electrons. The third-order valence-electron chi connectivity index (χ3n) is 9.81. The number of aldehydes is 1. The number of esters is 2. The van der Waals surface area contributed by atoms with Crippen molar-refractivity contribution < 1.29 is 43.2 Å². The second kappa shape index (κ2) is 44.6. The molecule has 0 atom stereocenters. The first-order valence-electron chi connectivity index (χ1n) is 25.8. The summed E-state index contributed by atoms with van der Waals surface area (Å²) < 4.78 is 20.4. The van der Waals surface area contributed by atoms with Crippen molar-refractivity contribution in [2.75, 3.05) is 95.0 Å². The molecule has 0 aliphatic carbocycles. The average molecular weight is 1120 g/mol. The molecule has 0 fully saturated rings. The summed E-state index contributed by atoms with van der Waals surface area (Å²) in [6.07, 6.45) is 6.45. The SMILES string of the molecule is CC.CC.CC(C)(COC=O)COC(=O)CCNc1ccc(SSc2ccc(N)cc2)cc1.CCCN(CCC=O)CCCCCO.COCC(C)(C)COC(=O)CCNc1ccc(SSc2ccc(N)cc2)cc1. The van der Waals surface area contributed by atoms with Gasteiger partial charge in [0.25, 0.3) is 6.47 Å². The molecule has 0 aliphatic heterocycles. The highest BCUT2D eigenvalue weighted by atomic mass is 33.1. The molecule has 0 saturated heterocycles. The number of hydrogen-bond acceptors (Lipinski definition) is 18. The van der Waals surface area contributed by atoms with E-state index in [-0.39, 0.29) is 37.0 Å². The van der Waals surface area contributed by atoms with E-state index in [4.69, 9.17) is 35.5 Å². The molecule has 0 unspecified atom stereocenters. The Hall–Kier alpha value is -4.56. The van der Waals surface area contributed by atoms with Gasteiger partial charge in [0.05, 0.1) is 39.3 Å². The van der Waals surface area contributed by atoms with Crippen LogP contribution in [-0.4, -0.2) is 108 Å². The molecular formula is C57H89N5O9S4. The lowest BCUT2D eigenvalue weighted by molar-refractivity contribution is -0.149. The van der Waals surface area contributed by atoms with Gasteiger partial charge in [-0.1, -0.05) is 105 Å². The Labute approximate surface area is 465 Å². The number of nitrogens with one attached hydrogen (secondary N) is 2. The number of anilines is 4. The first kappa shape index (κ1) is 70.4. The topological polar surface area (TPSA) is 205 Å². The molecule has 0 aliphatic rings. The standard InChI is InChI=1S/C21H26N2O4S2.C21H28N2O3S2.C11H23NO2.2C2H6/c1-21(2,13-26-15-24)14-27-20(25)11-12-23-17-5-9-19(10-6-17)29-28-18-7-3-16(22)4-8-18;1-21(2,14-25-3)15-26-20(24)12-13-23-17-6-10-19(11-7-17)28-27-18-8-4-16(22)5-9-18;1-2-7-12(9-6-11-14)8-4-3-5-10-13;2*1-2/h3-10,15,23H,11-14,22H2,1-2H3;4-11,23H,12-15,22H2,1-3H3;11,13H,2-10H2,1H3;2*1-2H3. The molecule has 0 aromatic heterocycles. The molecular weight excluding hydrogens is 1030 g/mol. The zero-order valence-corrected chi connectivity index (χ0v) is 49.6. The Bertz CT molecular complexity index is 2050. The summed E-state index contributed by atoms with van der Waals surface area (Å²) in [5.41, 5.74) is 14.3. The maximum atomic E-state index is 11.9. The molecule has 7 N–H and O–H groups in total. The van der Waals surface area contributed by atoms with Crippen LogP contribution in [0.2, 0.25) is 0 Å². The Morgan fingerprint density at radius 3 is 1.35 bits per heavy atom. The van der Waals surface area contributed by atoms with Crippen LogP contribution in [-0.2, 0) is 38.1 Å². The van der Waals surface area contributed by atoms with Gasteiger partial charge in [-0.3, -0.25) is 14.4 Å². The number of nitrogens with zero attached hydrogens (tertiary/aromatic N) is 1. The van der Waals surface area contributed by atoms with Crippen LogP contribution < -0.4 is 22.1 Å². The van der Waals surface area contributed by atoms with Crippen molar-refractivity contribution in [2.45, 2.75) is 127 Å². The molecule has 18 heteroatoms. The van der Waals surface area contributed by atoms with Gasteiger partial charge in [-0.2, -0.15) is 0 Å². The van der Waals surface area contributed by atoms with E-state index in [1.165, 1.54) is 0 Å². The predicted octanol–water partition coefficient (Wildman–Crippen LogP) is 13.2. The van der Waals surface area contributed by atoms with E-state index in [2.05, 4.69) is 34.6 Å². The van der Waals surface area contributed by atoms with Crippen LogP contribution >= 0.6 is 43.2 Å². The van der Waals surface area contributed by atoms with Crippen molar-refractivity contribution >= 4 is 90.6 Å². The summed E-state index contributed by atoms with van der Waals surface area (Å²) in [7, 11) is 8.38. The van der Waals surface area contributed by atoms with Gasteiger partial charge in [0.15, 0.2) is 0 Å². The fourth-order valence-corrected chi connectivity index (χ4v) is 9.92. The number of aliphatic hydroxyl groups excluding tert-OH is 1. The number of nitrogen functional groups attached to an aromatic ring is 2. The molecule has 4 aromatic rings. The second-order valence-corrected chi connectivity index (χ2v) is 22.5. The molecule has 0 saturated carbocycles. The van der Waals surface area contributed by atoms with Crippen molar-refractivity contribution in [2.24, 2.45) is 10.8 Å². The quantitative estimate of drug-likeness (QED) is 0.00751. The maximum Gasteiger partial charge on any atom is 0.307 e.